The molecule has 2 N–H and O–H groups in total. The van der Waals surface area contributed by atoms with E-state index in [1.807, 2.05) is 0 Å². The fourth-order valence-electron chi connectivity index (χ4n) is 2.02. The second kappa shape index (κ2) is 6.72. The molecule has 0 aliphatic rings. The number of hydrogen-bond acceptors (Lipinski definition) is 7. The van der Waals surface area contributed by atoms with Crippen LogP contribution in [-0.4, -0.2) is 37.0 Å². The smallest absolute Gasteiger partial charge is 0.277 e. The third-order valence-electron chi connectivity index (χ3n) is 3.20. The molecule has 0 fully saturated rings. The van der Waals surface area contributed by atoms with E-state index < -0.39 is 20.0 Å². The van der Waals surface area contributed by atoms with Gasteiger partial charge < -0.3 is 0 Å². The maximum absolute atomic E-state index is 12.3. The van der Waals surface area contributed by atoms with Gasteiger partial charge in [-0.2, -0.15) is 4.80 Å². The summed E-state index contributed by atoms with van der Waals surface area (Å²) in [4.78, 5) is 1.14. The molecule has 0 unspecified atom stereocenters. The molecule has 10 nitrogen and oxygen atoms in total. The van der Waals surface area contributed by atoms with E-state index in [4.69, 9.17) is 0 Å². The van der Waals surface area contributed by atoms with E-state index in [0.717, 1.165) is 4.80 Å². The van der Waals surface area contributed by atoms with Gasteiger partial charge in [-0.3, -0.25) is 4.72 Å². The Morgan fingerprint density at radius 2 is 1.38 bits per heavy atom. The van der Waals surface area contributed by atoms with Gasteiger partial charge >= 0.3 is 0 Å². The average molecular weight is 394 g/mol. The Bertz CT molecular complexity index is 1110. The maximum Gasteiger partial charge on any atom is 0.277 e. The van der Waals surface area contributed by atoms with E-state index in [-0.39, 0.29) is 21.4 Å². The van der Waals surface area contributed by atoms with Crippen LogP contribution in [0.5, 0.6) is 0 Å². The summed E-state index contributed by atoms with van der Waals surface area (Å²) in [6.07, 6.45) is 0. The standard InChI is InChI=1S/C14H14N6O4S2/c1-20-16-14(15-19-20)18-26(23,24)13-9-7-11(8-10-13)17-25(21,22)12-5-3-2-4-6-12/h2-10,17H,1H3,(H,16,18). The molecule has 26 heavy (non-hydrogen) atoms. The number of rotatable bonds is 6. The maximum atomic E-state index is 12.3. The highest BCUT2D eigenvalue weighted by Crippen LogP contribution is 2.19. The highest BCUT2D eigenvalue weighted by Gasteiger charge is 2.18. The first-order chi connectivity index (χ1) is 12.3. The van der Waals surface area contributed by atoms with E-state index >= 15 is 0 Å². The molecule has 1 aromatic heterocycles. The number of nitrogens with one attached hydrogen (secondary N) is 2. The third kappa shape index (κ3) is 3.97. The average Bonchev–Trinajstić information content (AvgIpc) is 3.00. The first-order valence-corrected chi connectivity index (χ1v) is 10.2. The molecular formula is C14H14N6O4S2. The molecule has 3 aromatic rings. The van der Waals surface area contributed by atoms with Gasteiger partial charge in [0.15, 0.2) is 0 Å². The van der Waals surface area contributed by atoms with Crippen LogP contribution in [0.3, 0.4) is 0 Å². The summed E-state index contributed by atoms with van der Waals surface area (Å²) in [5.74, 6) is -0.165. The predicted molar refractivity (Wildman–Crippen MR) is 93.3 cm³/mol. The molecule has 0 bridgehead atoms. The first-order valence-electron chi connectivity index (χ1n) is 7.21. The van der Waals surface area contributed by atoms with E-state index in [1.54, 1.807) is 18.2 Å². The van der Waals surface area contributed by atoms with E-state index in [1.165, 1.54) is 43.4 Å². The normalized spacial score (nSPS) is 11.9. The SMILES string of the molecule is Cn1nnc(NS(=O)(=O)c2ccc(NS(=O)(=O)c3ccccc3)cc2)n1. The zero-order valence-corrected chi connectivity index (χ0v) is 15.1. The lowest BCUT2D eigenvalue weighted by atomic mass is 10.3. The van der Waals surface area contributed by atoms with Crippen LogP contribution < -0.4 is 9.44 Å². The van der Waals surface area contributed by atoms with E-state index in [9.17, 15) is 16.8 Å². The van der Waals surface area contributed by atoms with Crippen LogP contribution in [0, 0.1) is 0 Å². The van der Waals surface area contributed by atoms with Crippen LogP contribution in [0.15, 0.2) is 64.4 Å². The van der Waals surface area contributed by atoms with Crippen LogP contribution >= 0.6 is 0 Å². The van der Waals surface area contributed by atoms with Crippen molar-refractivity contribution in [2.24, 2.45) is 7.05 Å². The Morgan fingerprint density at radius 1 is 0.808 bits per heavy atom. The summed E-state index contributed by atoms with van der Waals surface area (Å²) in [7, 11) is -6.17. The Hall–Kier alpha value is -2.99. The number of benzene rings is 2. The summed E-state index contributed by atoms with van der Waals surface area (Å²) < 4.78 is 53.6. The minimum atomic E-state index is -3.92. The first kappa shape index (κ1) is 17.8. The van der Waals surface area contributed by atoms with Gasteiger partial charge in [0.25, 0.3) is 26.0 Å². The molecule has 1 heterocycles. The lowest BCUT2D eigenvalue weighted by Crippen LogP contribution is -2.15. The van der Waals surface area contributed by atoms with Crippen molar-refractivity contribution in [3.63, 3.8) is 0 Å². The summed E-state index contributed by atoms with van der Waals surface area (Å²) in [5.41, 5.74) is 0.227. The second-order valence-electron chi connectivity index (χ2n) is 5.15. The molecular weight excluding hydrogens is 380 g/mol. The molecule has 0 amide bonds. The van der Waals surface area contributed by atoms with E-state index in [2.05, 4.69) is 24.9 Å². The van der Waals surface area contributed by atoms with Crippen molar-refractivity contribution in [1.29, 1.82) is 0 Å². The van der Waals surface area contributed by atoms with Crippen molar-refractivity contribution in [3.05, 3.63) is 54.6 Å². The van der Waals surface area contributed by atoms with Gasteiger partial charge in [0, 0.05) is 5.69 Å². The van der Waals surface area contributed by atoms with Crippen molar-refractivity contribution in [1.82, 2.24) is 20.2 Å². The molecule has 0 radical (unpaired) electrons. The minimum Gasteiger partial charge on any atom is -0.280 e. The number of sulfonamides is 2. The molecule has 0 spiro atoms. The molecule has 0 saturated heterocycles. The van der Waals surface area contributed by atoms with Crippen molar-refractivity contribution >= 4 is 31.7 Å². The fraction of sp³-hybridized carbons (Fsp3) is 0.0714. The number of aryl methyl sites for hydroxylation is 1. The van der Waals surface area contributed by atoms with Crippen molar-refractivity contribution in [2.45, 2.75) is 9.79 Å². The lowest BCUT2D eigenvalue weighted by molar-refractivity contribution is 0.599. The number of hydrogen-bond donors (Lipinski definition) is 2. The van der Waals surface area contributed by atoms with Crippen molar-refractivity contribution in [3.8, 4) is 0 Å². The summed E-state index contributed by atoms with van der Waals surface area (Å²) >= 11 is 0. The molecule has 12 heteroatoms. The summed E-state index contributed by atoms with van der Waals surface area (Å²) in [6.45, 7) is 0. The summed E-state index contributed by atoms with van der Waals surface area (Å²) in [6, 6.07) is 13.1. The van der Waals surface area contributed by atoms with Crippen LogP contribution in [0.2, 0.25) is 0 Å². The van der Waals surface area contributed by atoms with Crippen LogP contribution in [-0.2, 0) is 27.1 Å². The highest BCUT2D eigenvalue weighted by molar-refractivity contribution is 7.93. The topological polar surface area (TPSA) is 136 Å². The van der Waals surface area contributed by atoms with Gasteiger partial charge in [-0.05, 0) is 41.6 Å². The third-order valence-corrected chi connectivity index (χ3v) is 5.95. The molecule has 0 aliphatic carbocycles. The van der Waals surface area contributed by atoms with Crippen molar-refractivity contribution < 1.29 is 16.8 Å². The molecule has 0 saturated carbocycles. The Kier molecular flexibility index (Phi) is 4.61. The number of anilines is 2. The summed E-state index contributed by atoms with van der Waals surface area (Å²) in [5, 5.41) is 10.8. The zero-order valence-electron chi connectivity index (χ0n) is 13.4. The Labute approximate surface area is 150 Å². The Morgan fingerprint density at radius 3 is 1.96 bits per heavy atom. The second-order valence-corrected chi connectivity index (χ2v) is 8.52. The largest absolute Gasteiger partial charge is 0.280 e. The fourth-order valence-corrected chi connectivity index (χ4v) is 4.03. The number of tetrazole rings is 1. The van der Waals surface area contributed by atoms with Gasteiger partial charge in [0.1, 0.15) is 0 Å². The molecule has 2 aromatic carbocycles. The minimum absolute atomic E-state index is 0.0763. The lowest BCUT2D eigenvalue weighted by Gasteiger charge is -2.09. The van der Waals surface area contributed by atoms with Crippen LogP contribution in [0.1, 0.15) is 0 Å². The number of nitrogens with zero attached hydrogens (tertiary/aromatic N) is 4. The Balaban J connectivity index is 1.78. The monoisotopic (exact) mass is 394 g/mol. The van der Waals surface area contributed by atoms with Gasteiger partial charge in [0.05, 0.1) is 16.8 Å². The zero-order chi connectivity index (χ0) is 18.8. The van der Waals surface area contributed by atoms with Crippen molar-refractivity contribution in [2.75, 3.05) is 9.44 Å². The van der Waals surface area contributed by atoms with Gasteiger partial charge in [0.2, 0.25) is 0 Å². The molecule has 3 rings (SSSR count). The van der Waals surface area contributed by atoms with Crippen LogP contribution in [0.4, 0.5) is 11.6 Å². The number of aromatic nitrogens is 4. The van der Waals surface area contributed by atoms with Gasteiger partial charge in [-0.15, -0.1) is 5.10 Å². The predicted octanol–water partition coefficient (Wildman–Crippen LogP) is 0.812. The quantitative estimate of drug-likeness (QED) is 0.631. The van der Waals surface area contributed by atoms with Gasteiger partial charge in [-0.1, -0.05) is 23.3 Å². The van der Waals surface area contributed by atoms with Crippen LogP contribution in [0.25, 0.3) is 0 Å². The van der Waals surface area contributed by atoms with E-state index in [0.29, 0.717) is 0 Å². The highest BCUT2D eigenvalue weighted by atomic mass is 32.2. The van der Waals surface area contributed by atoms with Gasteiger partial charge in [-0.25, -0.2) is 21.6 Å². The molecule has 0 aliphatic heterocycles. The molecule has 136 valence electrons. The molecule has 0 atom stereocenters.